The molecule has 1 nitrogen and oxygen atoms in total. The van der Waals surface area contributed by atoms with Crippen LogP contribution >= 0.6 is 15.9 Å². The lowest BCUT2D eigenvalue weighted by Gasteiger charge is -2.34. The van der Waals surface area contributed by atoms with Crippen LogP contribution in [0, 0.1) is 12.8 Å². The lowest BCUT2D eigenvalue weighted by Crippen LogP contribution is -2.32. The molecule has 1 aromatic rings. The first-order valence-electron chi connectivity index (χ1n) is 6.21. The first-order chi connectivity index (χ1) is 7.72. The fourth-order valence-electron chi connectivity index (χ4n) is 2.35. The fraction of sp³-hybridized carbons (Fsp3) is 0.571. The van der Waals surface area contributed by atoms with Gasteiger partial charge in [-0.25, -0.2) is 0 Å². The molecule has 1 aliphatic rings. The molecular weight excluding hydrogens is 262 g/mol. The van der Waals surface area contributed by atoms with Gasteiger partial charge in [0.25, 0.3) is 0 Å². The molecule has 0 bridgehead atoms. The van der Waals surface area contributed by atoms with E-state index in [4.69, 9.17) is 0 Å². The summed E-state index contributed by atoms with van der Waals surface area (Å²) < 4.78 is 1.23. The van der Waals surface area contributed by atoms with E-state index in [1.165, 1.54) is 34.9 Å². The second-order valence-electron chi connectivity index (χ2n) is 4.73. The van der Waals surface area contributed by atoms with Crippen LogP contribution < -0.4 is 5.32 Å². The molecule has 0 amide bonds. The molecule has 2 heteroatoms. The van der Waals surface area contributed by atoms with Crippen LogP contribution in [0.1, 0.15) is 43.4 Å². The molecule has 1 unspecified atom stereocenters. The third-order valence-corrected chi connectivity index (χ3v) is 4.45. The van der Waals surface area contributed by atoms with Gasteiger partial charge in [-0.05, 0) is 49.4 Å². The highest BCUT2D eigenvalue weighted by Gasteiger charge is 2.27. The van der Waals surface area contributed by atoms with Crippen LogP contribution in [0.4, 0.5) is 0 Å². The zero-order valence-corrected chi connectivity index (χ0v) is 11.7. The van der Waals surface area contributed by atoms with Gasteiger partial charge in [-0.1, -0.05) is 41.4 Å². The molecule has 0 saturated heterocycles. The predicted octanol–water partition coefficient (Wildman–Crippen LogP) is 4.21. The van der Waals surface area contributed by atoms with E-state index in [-0.39, 0.29) is 0 Å². The Morgan fingerprint density at radius 2 is 2.19 bits per heavy atom. The van der Waals surface area contributed by atoms with Crippen LogP contribution in [-0.2, 0) is 0 Å². The van der Waals surface area contributed by atoms with Crippen LogP contribution in [0.25, 0.3) is 0 Å². The highest BCUT2D eigenvalue weighted by molar-refractivity contribution is 9.10. The molecule has 1 fully saturated rings. The minimum atomic E-state index is 0.552. The van der Waals surface area contributed by atoms with E-state index in [9.17, 15) is 0 Å². The third kappa shape index (κ3) is 2.49. The van der Waals surface area contributed by atoms with Crippen molar-refractivity contribution >= 4 is 15.9 Å². The van der Waals surface area contributed by atoms with Crippen molar-refractivity contribution in [1.82, 2.24) is 5.32 Å². The standard InChI is InChI=1S/C14H20BrN/c1-3-16-14(11-5-4-6-11)12-8-7-10(2)13(15)9-12/h7-9,11,14,16H,3-6H2,1-2H3. The van der Waals surface area contributed by atoms with Gasteiger partial charge < -0.3 is 5.32 Å². The van der Waals surface area contributed by atoms with Gasteiger partial charge in [-0.15, -0.1) is 0 Å². The van der Waals surface area contributed by atoms with Gasteiger partial charge in [0.15, 0.2) is 0 Å². The van der Waals surface area contributed by atoms with Crippen LogP contribution in [0.2, 0.25) is 0 Å². The van der Waals surface area contributed by atoms with E-state index >= 15 is 0 Å². The average molecular weight is 282 g/mol. The van der Waals surface area contributed by atoms with E-state index in [0.717, 1.165) is 12.5 Å². The van der Waals surface area contributed by atoms with E-state index in [1.54, 1.807) is 0 Å². The van der Waals surface area contributed by atoms with Crippen LogP contribution in [0.15, 0.2) is 22.7 Å². The van der Waals surface area contributed by atoms with Crippen LogP contribution in [0.3, 0.4) is 0 Å². The molecule has 1 aliphatic carbocycles. The van der Waals surface area contributed by atoms with Crippen molar-refractivity contribution < 1.29 is 0 Å². The van der Waals surface area contributed by atoms with Crippen molar-refractivity contribution in [3.8, 4) is 0 Å². The van der Waals surface area contributed by atoms with Crippen molar-refractivity contribution in [1.29, 1.82) is 0 Å². The summed E-state index contributed by atoms with van der Waals surface area (Å²) in [5.41, 5.74) is 2.75. The molecule has 1 saturated carbocycles. The minimum Gasteiger partial charge on any atom is -0.310 e. The second-order valence-corrected chi connectivity index (χ2v) is 5.59. The molecule has 16 heavy (non-hydrogen) atoms. The summed E-state index contributed by atoms with van der Waals surface area (Å²) in [5, 5.41) is 3.63. The maximum absolute atomic E-state index is 3.63. The Bertz CT molecular complexity index is 358. The lowest BCUT2D eigenvalue weighted by atomic mass is 9.77. The number of aryl methyl sites for hydroxylation is 1. The number of halogens is 1. The predicted molar refractivity (Wildman–Crippen MR) is 72.6 cm³/mol. The largest absolute Gasteiger partial charge is 0.310 e. The van der Waals surface area contributed by atoms with Crippen molar-refractivity contribution in [3.05, 3.63) is 33.8 Å². The molecular formula is C14H20BrN. The van der Waals surface area contributed by atoms with Crippen molar-refractivity contribution in [2.24, 2.45) is 5.92 Å². The molecule has 1 N–H and O–H groups in total. The van der Waals surface area contributed by atoms with Gasteiger partial charge in [0, 0.05) is 10.5 Å². The summed E-state index contributed by atoms with van der Waals surface area (Å²) in [6, 6.07) is 7.31. The zero-order chi connectivity index (χ0) is 11.5. The molecule has 0 spiro atoms. The van der Waals surface area contributed by atoms with E-state index < -0.39 is 0 Å². The Labute approximate surface area is 107 Å². The lowest BCUT2D eigenvalue weighted by molar-refractivity contribution is 0.233. The molecule has 0 aliphatic heterocycles. The summed E-state index contributed by atoms with van der Waals surface area (Å²) in [6.45, 7) is 5.38. The van der Waals surface area contributed by atoms with E-state index in [1.807, 2.05) is 0 Å². The summed E-state index contributed by atoms with van der Waals surface area (Å²) >= 11 is 3.63. The third-order valence-electron chi connectivity index (χ3n) is 3.60. The van der Waals surface area contributed by atoms with E-state index in [0.29, 0.717) is 6.04 Å². The van der Waals surface area contributed by atoms with Crippen LogP contribution in [-0.4, -0.2) is 6.54 Å². The summed E-state index contributed by atoms with van der Waals surface area (Å²) in [5.74, 6) is 0.842. The molecule has 88 valence electrons. The smallest absolute Gasteiger partial charge is 0.0348 e. The summed E-state index contributed by atoms with van der Waals surface area (Å²) in [7, 11) is 0. The normalized spacial score (nSPS) is 18.2. The maximum atomic E-state index is 3.63. The van der Waals surface area contributed by atoms with Gasteiger partial charge in [-0.2, -0.15) is 0 Å². The Hall–Kier alpha value is -0.340. The average Bonchev–Trinajstić information content (AvgIpc) is 2.19. The zero-order valence-electron chi connectivity index (χ0n) is 10.1. The molecule has 0 radical (unpaired) electrons. The number of nitrogens with one attached hydrogen (secondary N) is 1. The minimum absolute atomic E-state index is 0.552. The number of hydrogen-bond donors (Lipinski definition) is 1. The Morgan fingerprint density at radius 3 is 2.69 bits per heavy atom. The number of hydrogen-bond acceptors (Lipinski definition) is 1. The van der Waals surface area contributed by atoms with Crippen LogP contribution in [0.5, 0.6) is 0 Å². The first kappa shape index (κ1) is 12.1. The van der Waals surface area contributed by atoms with Gasteiger partial charge in [0.1, 0.15) is 0 Å². The summed E-state index contributed by atoms with van der Waals surface area (Å²) in [6.07, 6.45) is 4.16. The number of rotatable bonds is 4. The Morgan fingerprint density at radius 1 is 1.44 bits per heavy atom. The SMILES string of the molecule is CCNC(c1ccc(C)c(Br)c1)C1CCC1. The van der Waals surface area contributed by atoms with Gasteiger partial charge in [-0.3, -0.25) is 0 Å². The second kappa shape index (κ2) is 5.33. The highest BCUT2D eigenvalue weighted by atomic mass is 79.9. The molecule has 1 aromatic carbocycles. The van der Waals surface area contributed by atoms with Gasteiger partial charge >= 0.3 is 0 Å². The Kier molecular flexibility index (Phi) is 4.04. The quantitative estimate of drug-likeness (QED) is 0.872. The molecule has 0 aromatic heterocycles. The highest BCUT2D eigenvalue weighted by Crippen LogP contribution is 2.38. The number of benzene rings is 1. The van der Waals surface area contributed by atoms with E-state index in [2.05, 4.69) is 53.3 Å². The molecule has 0 heterocycles. The van der Waals surface area contributed by atoms with Crippen molar-refractivity contribution in [2.75, 3.05) is 6.54 Å². The van der Waals surface area contributed by atoms with Crippen molar-refractivity contribution in [3.63, 3.8) is 0 Å². The fourth-order valence-corrected chi connectivity index (χ4v) is 2.75. The maximum Gasteiger partial charge on any atom is 0.0348 e. The molecule has 2 rings (SSSR count). The summed E-state index contributed by atoms with van der Waals surface area (Å²) in [4.78, 5) is 0. The van der Waals surface area contributed by atoms with Gasteiger partial charge in [0.05, 0.1) is 0 Å². The monoisotopic (exact) mass is 281 g/mol. The molecule has 1 atom stereocenters. The van der Waals surface area contributed by atoms with Crippen molar-refractivity contribution in [2.45, 2.75) is 39.2 Å². The topological polar surface area (TPSA) is 12.0 Å². The van der Waals surface area contributed by atoms with Gasteiger partial charge in [0.2, 0.25) is 0 Å². The first-order valence-corrected chi connectivity index (χ1v) is 7.01. The Balaban J connectivity index is 2.20.